The molecule has 0 spiro atoms. The van der Waals surface area contributed by atoms with Gasteiger partial charge in [-0.25, -0.2) is 5.43 Å². The van der Waals surface area contributed by atoms with E-state index in [0.29, 0.717) is 5.56 Å². The highest BCUT2D eigenvalue weighted by Gasteiger charge is 2.14. The standard InChI is InChI=1S/C10H10F2N2O/c1-2-8(14-13)7-5-3-4-6-9(7)15-10(11)12/h1,3-6,8,10,14H,13H2. The number of ether oxygens (including phenoxy) is 1. The lowest BCUT2D eigenvalue weighted by atomic mass is 10.1. The molecule has 0 saturated carbocycles. The summed E-state index contributed by atoms with van der Waals surface area (Å²) in [7, 11) is 0. The van der Waals surface area contributed by atoms with Gasteiger partial charge >= 0.3 is 6.61 Å². The summed E-state index contributed by atoms with van der Waals surface area (Å²) in [6, 6.07) is 5.56. The third-order valence-electron chi connectivity index (χ3n) is 1.78. The summed E-state index contributed by atoms with van der Waals surface area (Å²) in [5.74, 6) is 7.52. The van der Waals surface area contributed by atoms with E-state index >= 15 is 0 Å². The molecule has 0 aromatic heterocycles. The van der Waals surface area contributed by atoms with Crippen molar-refractivity contribution in [2.75, 3.05) is 0 Å². The topological polar surface area (TPSA) is 47.3 Å². The Morgan fingerprint density at radius 1 is 1.40 bits per heavy atom. The molecule has 0 heterocycles. The van der Waals surface area contributed by atoms with Crippen LogP contribution in [0.1, 0.15) is 11.6 Å². The van der Waals surface area contributed by atoms with Crippen LogP contribution in [0, 0.1) is 12.3 Å². The van der Waals surface area contributed by atoms with Gasteiger partial charge < -0.3 is 4.74 Å². The molecule has 0 radical (unpaired) electrons. The fourth-order valence-corrected chi connectivity index (χ4v) is 1.15. The van der Waals surface area contributed by atoms with Crippen LogP contribution in [-0.2, 0) is 0 Å². The Kier molecular flexibility index (Phi) is 4.03. The van der Waals surface area contributed by atoms with Crippen molar-refractivity contribution < 1.29 is 13.5 Å². The van der Waals surface area contributed by atoms with Gasteiger partial charge in [0, 0.05) is 5.56 Å². The minimum absolute atomic E-state index is 0.0217. The zero-order chi connectivity index (χ0) is 11.3. The first-order valence-corrected chi connectivity index (χ1v) is 4.15. The first-order valence-electron chi connectivity index (χ1n) is 4.15. The number of terminal acetylenes is 1. The number of rotatable bonds is 4. The van der Waals surface area contributed by atoms with E-state index in [1.54, 1.807) is 18.2 Å². The van der Waals surface area contributed by atoms with Crippen LogP contribution in [0.3, 0.4) is 0 Å². The maximum atomic E-state index is 12.0. The Bertz CT molecular complexity index is 363. The Morgan fingerprint density at radius 3 is 2.60 bits per heavy atom. The number of hydrogen-bond donors (Lipinski definition) is 2. The van der Waals surface area contributed by atoms with E-state index in [1.165, 1.54) is 6.07 Å². The molecule has 15 heavy (non-hydrogen) atoms. The van der Waals surface area contributed by atoms with Crippen LogP contribution in [0.25, 0.3) is 0 Å². The number of hydrogen-bond acceptors (Lipinski definition) is 3. The van der Waals surface area contributed by atoms with Gasteiger partial charge in [0.05, 0.1) is 0 Å². The largest absolute Gasteiger partial charge is 0.434 e. The van der Waals surface area contributed by atoms with Crippen LogP contribution in [0.4, 0.5) is 8.78 Å². The van der Waals surface area contributed by atoms with Crippen LogP contribution < -0.4 is 16.0 Å². The maximum absolute atomic E-state index is 12.0. The van der Waals surface area contributed by atoms with Crippen LogP contribution in [-0.4, -0.2) is 6.61 Å². The predicted molar refractivity (Wildman–Crippen MR) is 52.0 cm³/mol. The third-order valence-corrected chi connectivity index (χ3v) is 1.78. The second kappa shape index (κ2) is 5.29. The van der Waals surface area contributed by atoms with Crippen LogP contribution in [0.15, 0.2) is 24.3 Å². The average Bonchev–Trinajstić information content (AvgIpc) is 2.21. The molecule has 0 amide bonds. The lowest BCUT2D eigenvalue weighted by molar-refractivity contribution is -0.0505. The number of hydrazine groups is 1. The molecule has 5 heteroatoms. The molecule has 80 valence electrons. The number of nitrogens with two attached hydrogens (primary N) is 1. The maximum Gasteiger partial charge on any atom is 0.387 e. The molecule has 0 aliphatic heterocycles. The van der Waals surface area contributed by atoms with Gasteiger partial charge in [0.1, 0.15) is 11.8 Å². The number of halogens is 2. The first-order chi connectivity index (χ1) is 7.19. The molecule has 1 aromatic carbocycles. The number of nitrogens with one attached hydrogen (secondary N) is 1. The van der Waals surface area contributed by atoms with Crippen molar-refractivity contribution in [3.8, 4) is 18.1 Å². The second-order valence-electron chi connectivity index (χ2n) is 2.68. The van der Waals surface area contributed by atoms with Crippen molar-refractivity contribution in [1.82, 2.24) is 5.43 Å². The molecule has 1 unspecified atom stereocenters. The van der Waals surface area contributed by atoms with Crippen molar-refractivity contribution in [2.24, 2.45) is 5.84 Å². The summed E-state index contributed by atoms with van der Waals surface area (Å²) < 4.78 is 28.4. The molecule has 3 nitrogen and oxygen atoms in total. The van der Waals surface area contributed by atoms with Gasteiger partial charge in [0.15, 0.2) is 0 Å². The molecular formula is C10H10F2N2O. The summed E-state index contributed by atoms with van der Waals surface area (Å²) in [4.78, 5) is 0. The van der Waals surface area contributed by atoms with Gasteiger partial charge in [-0.2, -0.15) is 8.78 Å². The zero-order valence-corrected chi connectivity index (χ0v) is 7.78. The summed E-state index contributed by atoms with van der Waals surface area (Å²) >= 11 is 0. The number of alkyl halides is 2. The van der Waals surface area contributed by atoms with Gasteiger partial charge in [0.25, 0.3) is 0 Å². The molecule has 0 bridgehead atoms. The molecular weight excluding hydrogens is 202 g/mol. The van der Waals surface area contributed by atoms with Crippen LogP contribution >= 0.6 is 0 Å². The number of benzene rings is 1. The van der Waals surface area contributed by atoms with E-state index in [4.69, 9.17) is 12.3 Å². The SMILES string of the molecule is C#CC(NN)c1ccccc1OC(F)F. The molecule has 1 rings (SSSR count). The van der Waals surface area contributed by atoms with Crippen molar-refractivity contribution in [1.29, 1.82) is 0 Å². The minimum Gasteiger partial charge on any atom is -0.434 e. The minimum atomic E-state index is -2.89. The molecule has 3 N–H and O–H groups in total. The van der Waals surface area contributed by atoms with E-state index in [2.05, 4.69) is 16.1 Å². The second-order valence-corrected chi connectivity index (χ2v) is 2.68. The molecule has 1 aromatic rings. The highest BCUT2D eigenvalue weighted by atomic mass is 19.3. The first kappa shape index (κ1) is 11.4. The smallest absolute Gasteiger partial charge is 0.387 e. The quantitative estimate of drug-likeness (QED) is 0.451. The summed E-state index contributed by atoms with van der Waals surface area (Å²) in [5.41, 5.74) is 2.73. The van der Waals surface area contributed by atoms with E-state index in [1.807, 2.05) is 0 Å². The Morgan fingerprint density at radius 2 is 2.07 bits per heavy atom. The van der Waals surface area contributed by atoms with Gasteiger partial charge in [-0.1, -0.05) is 24.1 Å². The Labute approximate surface area is 86.2 Å². The Balaban J connectivity index is 3.01. The van der Waals surface area contributed by atoms with Gasteiger partial charge in [-0.15, -0.1) is 6.42 Å². The van der Waals surface area contributed by atoms with Gasteiger partial charge in [-0.05, 0) is 6.07 Å². The predicted octanol–water partition coefficient (Wildman–Crippen LogP) is 1.43. The average molecular weight is 212 g/mol. The molecule has 0 aliphatic rings. The van der Waals surface area contributed by atoms with E-state index in [-0.39, 0.29) is 5.75 Å². The van der Waals surface area contributed by atoms with Crippen molar-refractivity contribution in [3.05, 3.63) is 29.8 Å². The van der Waals surface area contributed by atoms with Crippen molar-refractivity contribution in [3.63, 3.8) is 0 Å². The fourth-order valence-electron chi connectivity index (χ4n) is 1.15. The summed E-state index contributed by atoms with van der Waals surface area (Å²) in [5, 5.41) is 0. The lowest BCUT2D eigenvalue weighted by Crippen LogP contribution is -2.27. The summed E-state index contributed by atoms with van der Waals surface area (Å²) in [6.07, 6.45) is 5.18. The van der Waals surface area contributed by atoms with Crippen LogP contribution in [0.5, 0.6) is 5.75 Å². The zero-order valence-electron chi connectivity index (χ0n) is 7.78. The highest BCUT2D eigenvalue weighted by molar-refractivity contribution is 5.39. The molecule has 1 atom stereocenters. The normalized spacial score (nSPS) is 12.2. The van der Waals surface area contributed by atoms with Crippen LogP contribution in [0.2, 0.25) is 0 Å². The van der Waals surface area contributed by atoms with Crippen molar-refractivity contribution in [2.45, 2.75) is 12.7 Å². The number of para-hydroxylation sites is 1. The third kappa shape index (κ3) is 2.91. The molecule has 0 fully saturated rings. The monoisotopic (exact) mass is 212 g/mol. The van der Waals surface area contributed by atoms with Gasteiger partial charge in [0.2, 0.25) is 0 Å². The fraction of sp³-hybridized carbons (Fsp3) is 0.200. The van der Waals surface area contributed by atoms with E-state index in [9.17, 15) is 8.78 Å². The van der Waals surface area contributed by atoms with Crippen molar-refractivity contribution >= 4 is 0 Å². The van der Waals surface area contributed by atoms with Gasteiger partial charge in [-0.3, -0.25) is 5.84 Å². The Hall–Kier alpha value is -1.64. The highest BCUT2D eigenvalue weighted by Crippen LogP contribution is 2.25. The van der Waals surface area contributed by atoms with E-state index < -0.39 is 12.7 Å². The summed E-state index contributed by atoms with van der Waals surface area (Å²) in [6.45, 7) is -2.89. The van der Waals surface area contributed by atoms with E-state index in [0.717, 1.165) is 0 Å². The molecule has 0 saturated heterocycles. The molecule has 0 aliphatic carbocycles. The lowest BCUT2D eigenvalue weighted by Gasteiger charge is -2.14.